The Morgan fingerprint density at radius 2 is 1.81 bits per heavy atom. The van der Waals surface area contributed by atoms with Gasteiger partial charge in [-0.25, -0.2) is 0 Å². The minimum absolute atomic E-state index is 0.128. The number of nitrogens with one attached hydrogen (secondary N) is 1. The zero-order chi connectivity index (χ0) is 22.9. The largest absolute Gasteiger partial charge is 0.493 e. The smallest absolute Gasteiger partial charge is 0.230 e. The molecule has 0 saturated heterocycles. The van der Waals surface area contributed by atoms with E-state index in [-0.39, 0.29) is 12.3 Å². The van der Waals surface area contributed by atoms with E-state index >= 15 is 0 Å². The van der Waals surface area contributed by atoms with Crippen molar-refractivity contribution in [3.05, 3.63) is 59.9 Å². The second-order valence-corrected chi connectivity index (χ2v) is 7.32. The molecule has 0 saturated carbocycles. The Balaban J connectivity index is 1.64. The molecule has 3 aromatic rings. The first-order valence-electron chi connectivity index (χ1n) is 10.8. The first-order valence-corrected chi connectivity index (χ1v) is 10.8. The van der Waals surface area contributed by atoms with Crippen LogP contribution in [0.5, 0.6) is 11.5 Å². The van der Waals surface area contributed by atoms with Gasteiger partial charge in [0.05, 0.1) is 30.6 Å². The summed E-state index contributed by atoms with van der Waals surface area (Å²) in [6, 6.07) is 15.0. The summed E-state index contributed by atoms with van der Waals surface area (Å²) < 4.78 is 11.3. The quantitative estimate of drug-likeness (QED) is 0.495. The van der Waals surface area contributed by atoms with E-state index in [0.29, 0.717) is 29.5 Å². The molecule has 0 atom stereocenters. The van der Waals surface area contributed by atoms with Crippen LogP contribution in [-0.4, -0.2) is 59.2 Å². The molecule has 1 aromatic heterocycles. The van der Waals surface area contributed by atoms with Crippen molar-refractivity contribution in [3.63, 3.8) is 0 Å². The number of methoxy groups -OCH3 is 1. The van der Waals surface area contributed by atoms with Crippen molar-refractivity contribution >= 4 is 11.6 Å². The number of amides is 1. The summed E-state index contributed by atoms with van der Waals surface area (Å²) in [7, 11) is 1.60. The lowest BCUT2D eigenvalue weighted by Crippen LogP contribution is -2.28. The van der Waals surface area contributed by atoms with Gasteiger partial charge in [0.2, 0.25) is 5.91 Å². The summed E-state index contributed by atoms with van der Waals surface area (Å²) in [5.41, 5.74) is 2.85. The number of hydrogen-bond acceptors (Lipinski definition) is 6. The molecule has 8 heteroatoms. The van der Waals surface area contributed by atoms with Crippen LogP contribution in [0, 0.1) is 6.92 Å². The first-order chi connectivity index (χ1) is 15.5. The van der Waals surface area contributed by atoms with E-state index in [2.05, 4.69) is 34.3 Å². The first kappa shape index (κ1) is 23.3. The van der Waals surface area contributed by atoms with E-state index in [1.54, 1.807) is 30.1 Å². The molecule has 0 radical (unpaired) electrons. The maximum Gasteiger partial charge on any atom is 0.230 e. The number of nitrogens with zero attached hydrogens (tertiary/aromatic N) is 4. The predicted octanol–water partition coefficient (Wildman–Crippen LogP) is 3.49. The molecular weight excluding hydrogens is 406 g/mol. The summed E-state index contributed by atoms with van der Waals surface area (Å²) in [4.78, 5) is 16.5. The summed E-state index contributed by atoms with van der Waals surface area (Å²) in [6.07, 6.45) is 0.128. The molecule has 8 nitrogen and oxygen atoms in total. The standard InChI is InChI=1S/C24H31N5O3/c1-5-28(6-2)14-15-32-23-16-19(12-13-22(23)31-4)25-24(30)17-21-18(3)26-29(27-21)20-10-8-7-9-11-20/h7-13,16H,5-6,14-15,17H2,1-4H3,(H,25,30). The fraction of sp³-hybridized carbons (Fsp3) is 0.375. The van der Waals surface area contributed by atoms with E-state index < -0.39 is 0 Å². The van der Waals surface area contributed by atoms with Crippen LogP contribution in [0.1, 0.15) is 25.2 Å². The zero-order valence-corrected chi connectivity index (χ0v) is 19.2. The van der Waals surface area contributed by atoms with E-state index in [0.717, 1.165) is 31.0 Å². The molecule has 0 fully saturated rings. The van der Waals surface area contributed by atoms with Crippen molar-refractivity contribution in [2.75, 3.05) is 38.7 Å². The number of rotatable bonds is 11. The summed E-state index contributed by atoms with van der Waals surface area (Å²) in [5, 5.41) is 11.8. The second kappa shape index (κ2) is 11.3. The van der Waals surface area contributed by atoms with E-state index in [1.165, 1.54) is 0 Å². The van der Waals surface area contributed by atoms with E-state index in [1.807, 2.05) is 37.3 Å². The third kappa shape index (κ3) is 6.07. The van der Waals surface area contributed by atoms with E-state index in [4.69, 9.17) is 9.47 Å². The number of likely N-dealkylation sites (N-methyl/N-ethyl adjacent to an activating group) is 1. The number of anilines is 1. The van der Waals surface area contributed by atoms with Crippen LogP contribution in [0.15, 0.2) is 48.5 Å². The van der Waals surface area contributed by atoms with Crippen LogP contribution in [0.2, 0.25) is 0 Å². The Hall–Kier alpha value is -3.39. The van der Waals surface area contributed by atoms with Crippen LogP contribution < -0.4 is 14.8 Å². The molecule has 0 aliphatic heterocycles. The topological polar surface area (TPSA) is 81.5 Å². The van der Waals surface area contributed by atoms with Gasteiger partial charge >= 0.3 is 0 Å². The van der Waals surface area contributed by atoms with Crippen molar-refractivity contribution in [1.82, 2.24) is 19.9 Å². The van der Waals surface area contributed by atoms with Gasteiger partial charge in [-0.3, -0.25) is 4.79 Å². The maximum absolute atomic E-state index is 12.7. The monoisotopic (exact) mass is 437 g/mol. The number of carbonyl (C=O) groups is 1. The van der Waals surface area contributed by atoms with Gasteiger partial charge in [-0.1, -0.05) is 32.0 Å². The highest BCUT2D eigenvalue weighted by Crippen LogP contribution is 2.30. The molecule has 1 heterocycles. The molecule has 0 bridgehead atoms. The minimum Gasteiger partial charge on any atom is -0.493 e. The Morgan fingerprint density at radius 1 is 1.06 bits per heavy atom. The molecule has 32 heavy (non-hydrogen) atoms. The summed E-state index contributed by atoms with van der Waals surface area (Å²) in [6.45, 7) is 9.41. The average molecular weight is 438 g/mol. The van der Waals surface area contributed by atoms with Crippen LogP contribution in [-0.2, 0) is 11.2 Å². The zero-order valence-electron chi connectivity index (χ0n) is 19.2. The van der Waals surface area contributed by atoms with Gasteiger partial charge in [0.25, 0.3) is 0 Å². The maximum atomic E-state index is 12.7. The van der Waals surface area contributed by atoms with Crippen molar-refractivity contribution < 1.29 is 14.3 Å². The van der Waals surface area contributed by atoms with Crippen molar-refractivity contribution in [2.45, 2.75) is 27.2 Å². The lowest BCUT2D eigenvalue weighted by molar-refractivity contribution is -0.115. The van der Waals surface area contributed by atoms with Gasteiger partial charge in [0.15, 0.2) is 11.5 Å². The second-order valence-electron chi connectivity index (χ2n) is 7.32. The summed E-state index contributed by atoms with van der Waals surface area (Å²) in [5.74, 6) is 1.06. The molecule has 3 rings (SSSR count). The Labute approximate surface area is 189 Å². The number of para-hydroxylation sites is 1. The fourth-order valence-electron chi connectivity index (χ4n) is 3.30. The molecule has 1 amide bonds. The molecule has 0 unspecified atom stereocenters. The molecule has 170 valence electrons. The van der Waals surface area contributed by atoms with Gasteiger partial charge in [-0.05, 0) is 44.3 Å². The van der Waals surface area contributed by atoms with Gasteiger partial charge in [0, 0.05) is 18.3 Å². The molecule has 0 aliphatic carbocycles. The lowest BCUT2D eigenvalue weighted by Gasteiger charge is -2.19. The predicted molar refractivity (Wildman–Crippen MR) is 125 cm³/mol. The van der Waals surface area contributed by atoms with Gasteiger partial charge in [0.1, 0.15) is 6.61 Å². The van der Waals surface area contributed by atoms with Crippen LogP contribution in [0.3, 0.4) is 0 Å². The molecular formula is C24H31N5O3. The molecule has 2 aromatic carbocycles. The molecule has 0 spiro atoms. The van der Waals surface area contributed by atoms with Crippen molar-refractivity contribution in [2.24, 2.45) is 0 Å². The van der Waals surface area contributed by atoms with Gasteiger partial charge < -0.3 is 19.7 Å². The normalized spacial score (nSPS) is 10.9. The number of ether oxygens (including phenoxy) is 2. The highest BCUT2D eigenvalue weighted by Gasteiger charge is 2.14. The Morgan fingerprint density at radius 3 is 2.50 bits per heavy atom. The van der Waals surface area contributed by atoms with E-state index in [9.17, 15) is 4.79 Å². The number of benzene rings is 2. The summed E-state index contributed by atoms with van der Waals surface area (Å²) >= 11 is 0. The van der Waals surface area contributed by atoms with Crippen LogP contribution in [0.4, 0.5) is 5.69 Å². The molecule has 0 aliphatic rings. The SMILES string of the molecule is CCN(CC)CCOc1cc(NC(=O)Cc2nn(-c3ccccc3)nc2C)ccc1OC. The van der Waals surface area contributed by atoms with Crippen LogP contribution >= 0.6 is 0 Å². The number of aryl methyl sites for hydroxylation is 1. The lowest BCUT2D eigenvalue weighted by atomic mass is 10.2. The highest BCUT2D eigenvalue weighted by molar-refractivity contribution is 5.92. The number of hydrogen-bond donors (Lipinski definition) is 1. The molecule has 1 N–H and O–H groups in total. The van der Waals surface area contributed by atoms with Crippen molar-refractivity contribution in [1.29, 1.82) is 0 Å². The fourth-order valence-corrected chi connectivity index (χ4v) is 3.30. The minimum atomic E-state index is -0.174. The average Bonchev–Trinajstić information content (AvgIpc) is 3.17. The highest BCUT2D eigenvalue weighted by atomic mass is 16.5. The third-order valence-electron chi connectivity index (χ3n) is 5.20. The van der Waals surface area contributed by atoms with Crippen LogP contribution in [0.25, 0.3) is 5.69 Å². The Bertz CT molecular complexity index is 1020. The van der Waals surface area contributed by atoms with Gasteiger partial charge in [-0.2, -0.15) is 15.0 Å². The van der Waals surface area contributed by atoms with Crippen molar-refractivity contribution in [3.8, 4) is 17.2 Å². The Kier molecular flexibility index (Phi) is 8.21. The van der Waals surface area contributed by atoms with Gasteiger partial charge in [-0.15, -0.1) is 0 Å². The number of carbonyl (C=O) groups excluding carboxylic acids is 1. The third-order valence-corrected chi connectivity index (χ3v) is 5.20. The number of aromatic nitrogens is 3.